The molecule has 0 amide bonds. The zero-order valence-corrected chi connectivity index (χ0v) is 12.4. The maximum Gasteiger partial charge on any atom is 0.258 e. The van der Waals surface area contributed by atoms with E-state index in [0.717, 1.165) is 41.3 Å². The summed E-state index contributed by atoms with van der Waals surface area (Å²) in [5.41, 5.74) is 8.00. The van der Waals surface area contributed by atoms with E-state index in [9.17, 15) is 0 Å². The highest BCUT2D eigenvalue weighted by atomic mass is 79.9. The van der Waals surface area contributed by atoms with Crippen molar-refractivity contribution in [2.24, 2.45) is 5.73 Å². The highest BCUT2D eigenvalue weighted by molar-refractivity contribution is 9.10. The monoisotopic (exact) mass is 321 g/mol. The normalized spacial score (nSPS) is 17.8. The minimum atomic E-state index is -0.398. The number of hydrogen-bond acceptors (Lipinski definition) is 4. The minimum Gasteiger partial charge on any atom is -0.334 e. The molecule has 0 atom stereocenters. The van der Waals surface area contributed by atoms with E-state index in [2.05, 4.69) is 26.1 Å². The van der Waals surface area contributed by atoms with E-state index in [1.165, 1.54) is 0 Å². The van der Waals surface area contributed by atoms with Gasteiger partial charge in [-0.1, -0.05) is 33.9 Å². The van der Waals surface area contributed by atoms with Crippen LogP contribution in [0, 0.1) is 6.92 Å². The fourth-order valence-electron chi connectivity index (χ4n) is 2.63. The summed E-state index contributed by atoms with van der Waals surface area (Å²) in [6.45, 7) is 2.03. The van der Waals surface area contributed by atoms with Gasteiger partial charge in [-0.05, 0) is 43.5 Å². The van der Waals surface area contributed by atoms with Gasteiger partial charge in [0, 0.05) is 10.0 Å². The minimum absolute atomic E-state index is 0.398. The van der Waals surface area contributed by atoms with Crippen LogP contribution in [0.25, 0.3) is 11.5 Å². The van der Waals surface area contributed by atoms with Crippen LogP contribution < -0.4 is 5.73 Å². The Morgan fingerprint density at radius 1 is 1.32 bits per heavy atom. The SMILES string of the molecule is Cc1cc(Br)ccc1-c1nc(C2(N)CCCC2)no1. The number of hydrogen-bond donors (Lipinski definition) is 1. The number of nitrogens with zero attached hydrogens (tertiary/aromatic N) is 2. The van der Waals surface area contributed by atoms with Gasteiger partial charge in [-0.3, -0.25) is 0 Å². The predicted octanol–water partition coefficient (Wildman–Crippen LogP) is 3.54. The van der Waals surface area contributed by atoms with Crippen molar-refractivity contribution in [1.82, 2.24) is 10.1 Å². The van der Waals surface area contributed by atoms with Gasteiger partial charge in [0.25, 0.3) is 5.89 Å². The summed E-state index contributed by atoms with van der Waals surface area (Å²) < 4.78 is 6.43. The van der Waals surface area contributed by atoms with E-state index >= 15 is 0 Å². The van der Waals surface area contributed by atoms with E-state index in [1.54, 1.807) is 0 Å². The lowest BCUT2D eigenvalue weighted by molar-refractivity contribution is 0.372. The summed E-state index contributed by atoms with van der Waals surface area (Å²) in [4.78, 5) is 4.51. The Morgan fingerprint density at radius 3 is 2.74 bits per heavy atom. The molecule has 0 radical (unpaired) electrons. The van der Waals surface area contributed by atoms with Crippen molar-refractivity contribution < 1.29 is 4.52 Å². The Hall–Kier alpha value is -1.20. The Bertz CT molecular complexity index is 602. The second kappa shape index (κ2) is 4.72. The summed E-state index contributed by atoms with van der Waals surface area (Å²) in [5, 5.41) is 4.09. The summed E-state index contributed by atoms with van der Waals surface area (Å²) in [6, 6.07) is 5.99. The number of rotatable bonds is 2. The van der Waals surface area contributed by atoms with Crippen molar-refractivity contribution in [3.8, 4) is 11.5 Å². The number of halogens is 1. The molecule has 1 aromatic heterocycles. The molecule has 1 heterocycles. The molecule has 1 aliphatic carbocycles. The Kier molecular flexibility index (Phi) is 3.19. The molecule has 100 valence electrons. The molecule has 2 N–H and O–H groups in total. The van der Waals surface area contributed by atoms with Crippen LogP contribution in [0.4, 0.5) is 0 Å². The zero-order valence-electron chi connectivity index (χ0n) is 10.8. The summed E-state index contributed by atoms with van der Waals surface area (Å²) in [5.74, 6) is 1.19. The van der Waals surface area contributed by atoms with Gasteiger partial charge in [0.15, 0.2) is 5.82 Å². The highest BCUT2D eigenvalue weighted by Gasteiger charge is 2.36. The number of nitrogens with two attached hydrogens (primary N) is 1. The van der Waals surface area contributed by atoms with Crippen LogP contribution in [0.15, 0.2) is 27.2 Å². The molecule has 1 aliphatic rings. The standard InChI is InChI=1S/C14H16BrN3O/c1-9-8-10(15)4-5-11(9)12-17-13(18-19-12)14(16)6-2-3-7-14/h4-5,8H,2-3,6-7,16H2,1H3. The molecule has 0 bridgehead atoms. The van der Waals surface area contributed by atoms with Gasteiger partial charge >= 0.3 is 0 Å². The average Bonchev–Trinajstić information content (AvgIpc) is 2.99. The molecule has 0 saturated heterocycles. The fraction of sp³-hybridized carbons (Fsp3) is 0.429. The molecule has 0 spiro atoms. The van der Waals surface area contributed by atoms with Crippen LogP contribution in [0.2, 0.25) is 0 Å². The second-order valence-electron chi connectivity index (χ2n) is 5.25. The zero-order chi connectivity index (χ0) is 13.5. The highest BCUT2D eigenvalue weighted by Crippen LogP contribution is 2.35. The van der Waals surface area contributed by atoms with Crippen molar-refractivity contribution in [2.45, 2.75) is 38.1 Å². The van der Waals surface area contributed by atoms with Crippen LogP contribution in [-0.4, -0.2) is 10.1 Å². The lowest BCUT2D eigenvalue weighted by Crippen LogP contribution is -2.34. The van der Waals surface area contributed by atoms with Gasteiger partial charge in [0.05, 0.1) is 5.54 Å². The molecule has 3 rings (SSSR count). The van der Waals surface area contributed by atoms with E-state index in [4.69, 9.17) is 10.3 Å². The lowest BCUT2D eigenvalue weighted by Gasteiger charge is -2.17. The smallest absolute Gasteiger partial charge is 0.258 e. The van der Waals surface area contributed by atoms with E-state index in [-0.39, 0.29) is 0 Å². The van der Waals surface area contributed by atoms with Crippen molar-refractivity contribution >= 4 is 15.9 Å². The van der Waals surface area contributed by atoms with E-state index < -0.39 is 5.54 Å². The van der Waals surface area contributed by atoms with Crippen molar-refractivity contribution in [1.29, 1.82) is 0 Å². The largest absolute Gasteiger partial charge is 0.334 e. The number of benzene rings is 1. The summed E-state index contributed by atoms with van der Waals surface area (Å²) >= 11 is 3.45. The molecule has 4 nitrogen and oxygen atoms in total. The average molecular weight is 322 g/mol. The molecule has 1 saturated carbocycles. The third-order valence-corrected chi connectivity index (χ3v) is 4.28. The van der Waals surface area contributed by atoms with Crippen LogP contribution in [0.5, 0.6) is 0 Å². The maximum atomic E-state index is 6.34. The van der Waals surface area contributed by atoms with Gasteiger partial charge in [-0.25, -0.2) is 0 Å². The summed E-state index contributed by atoms with van der Waals surface area (Å²) in [6.07, 6.45) is 4.14. The van der Waals surface area contributed by atoms with Crippen LogP contribution in [-0.2, 0) is 5.54 Å². The molecule has 2 aromatic rings. The number of aryl methyl sites for hydroxylation is 1. The molecule has 5 heteroatoms. The lowest BCUT2D eigenvalue weighted by atomic mass is 9.98. The van der Waals surface area contributed by atoms with Gasteiger partial charge in [0.1, 0.15) is 0 Å². The van der Waals surface area contributed by atoms with E-state index in [0.29, 0.717) is 11.7 Å². The van der Waals surface area contributed by atoms with Crippen molar-refractivity contribution in [3.05, 3.63) is 34.1 Å². The number of aromatic nitrogens is 2. The third kappa shape index (κ3) is 2.32. The molecular formula is C14H16BrN3O. The molecule has 1 aromatic carbocycles. The van der Waals surface area contributed by atoms with Crippen LogP contribution in [0.1, 0.15) is 37.1 Å². The maximum absolute atomic E-state index is 6.34. The first kappa shape index (κ1) is 12.8. The quantitative estimate of drug-likeness (QED) is 0.918. The molecule has 1 fully saturated rings. The van der Waals surface area contributed by atoms with Crippen molar-refractivity contribution in [2.75, 3.05) is 0 Å². The Labute approximate surface area is 120 Å². The molecule has 0 unspecified atom stereocenters. The van der Waals surface area contributed by atoms with Gasteiger partial charge in [-0.2, -0.15) is 4.98 Å². The summed E-state index contributed by atoms with van der Waals surface area (Å²) in [7, 11) is 0. The topological polar surface area (TPSA) is 64.9 Å². The first-order valence-corrected chi connectivity index (χ1v) is 7.27. The van der Waals surface area contributed by atoms with Crippen LogP contribution in [0.3, 0.4) is 0 Å². The fourth-order valence-corrected chi connectivity index (χ4v) is 3.11. The predicted molar refractivity (Wildman–Crippen MR) is 76.5 cm³/mol. The Morgan fingerprint density at radius 2 is 2.05 bits per heavy atom. The third-order valence-electron chi connectivity index (χ3n) is 3.79. The first-order valence-electron chi connectivity index (χ1n) is 6.48. The van der Waals surface area contributed by atoms with E-state index in [1.807, 2.05) is 25.1 Å². The molecule has 0 aliphatic heterocycles. The van der Waals surface area contributed by atoms with Gasteiger partial charge in [-0.15, -0.1) is 0 Å². The first-order chi connectivity index (χ1) is 9.08. The Balaban J connectivity index is 1.97. The van der Waals surface area contributed by atoms with Gasteiger partial charge in [0.2, 0.25) is 0 Å². The van der Waals surface area contributed by atoms with Gasteiger partial charge < -0.3 is 10.3 Å². The second-order valence-corrected chi connectivity index (χ2v) is 6.16. The van der Waals surface area contributed by atoms with Crippen molar-refractivity contribution in [3.63, 3.8) is 0 Å². The molecule has 19 heavy (non-hydrogen) atoms. The molecular weight excluding hydrogens is 306 g/mol. The van der Waals surface area contributed by atoms with Crippen LogP contribution >= 0.6 is 15.9 Å².